The lowest BCUT2D eigenvalue weighted by Gasteiger charge is -2.29. The van der Waals surface area contributed by atoms with Gasteiger partial charge in [0.05, 0.1) is 0 Å². The Kier molecular flexibility index (Phi) is 12.2. The van der Waals surface area contributed by atoms with Crippen LogP contribution in [0, 0.1) is 5.92 Å². The van der Waals surface area contributed by atoms with Crippen LogP contribution in [0.5, 0.6) is 0 Å². The molecule has 2 aliphatic carbocycles. The van der Waals surface area contributed by atoms with E-state index in [0.29, 0.717) is 17.8 Å². The van der Waals surface area contributed by atoms with E-state index in [1.165, 1.54) is 66.9 Å². The quantitative estimate of drug-likeness (QED) is 0.112. The van der Waals surface area contributed by atoms with E-state index < -0.39 is 0 Å². The molecule has 8 aromatic carbocycles. The van der Waals surface area contributed by atoms with Crippen LogP contribution in [-0.4, -0.2) is 0 Å². The fourth-order valence-electron chi connectivity index (χ4n) is 9.55. The maximum absolute atomic E-state index is 2.47. The fraction of sp³-hybridized carbons (Fsp3) is 0.111. The van der Waals surface area contributed by atoms with Crippen LogP contribution in [0.15, 0.2) is 261 Å². The van der Waals surface area contributed by atoms with E-state index in [2.05, 4.69) is 260 Å². The molecule has 0 aromatic heterocycles. The second-order valence-electron chi connectivity index (χ2n) is 17.2. The zero-order valence-corrected chi connectivity index (χ0v) is 36.3. The monoisotopic (exact) mass is 823 g/mol. The van der Waals surface area contributed by atoms with Crippen LogP contribution >= 0.6 is 0 Å². The standard InChI is InChI=1S/C63H53N/c1-5-13-48(14-6-1)53-26-30-58(31-27-53)63(59-32-28-54(29-33-59)49-15-7-2-8-16-49)46-23-47-21-24-52(25-22-47)57-38-44-62(45-39-57)64(60-40-34-55(35-41-60)50-17-9-3-10-18-50)61-42-36-56(37-43-61)51-19-11-4-12-20-51/h1-22,24-32,34-36,38-45,56,59,63H,23,33,37,46H2. The van der Waals surface area contributed by atoms with Gasteiger partial charge in [0, 0.05) is 23.0 Å². The molecule has 0 spiro atoms. The SMILES string of the molecule is C1=CC(C(CCc2ccc(-c3ccc(N(C4=CCC(c5ccccc5)C=C4)c4ccc(-c5ccccc5)cc4)cc3)cc2)c2ccc(-c3ccccc3)cc2)CC=C1c1ccccc1. The van der Waals surface area contributed by atoms with Gasteiger partial charge in [0.25, 0.3) is 0 Å². The van der Waals surface area contributed by atoms with E-state index in [-0.39, 0.29) is 0 Å². The molecule has 3 atom stereocenters. The first-order valence-electron chi connectivity index (χ1n) is 22.9. The van der Waals surface area contributed by atoms with Gasteiger partial charge < -0.3 is 4.90 Å². The molecule has 0 radical (unpaired) electrons. The topological polar surface area (TPSA) is 3.24 Å². The highest BCUT2D eigenvalue weighted by Crippen LogP contribution is 2.40. The van der Waals surface area contributed by atoms with Gasteiger partial charge in [0.1, 0.15) is 0 Å². The van der Waals surface area contributed by atoms with Crippen LogP contribution in [0.25, 0.3) is 39.0 Å². The van der Waals surface area contributed by atoms with Crippen molar-refractivity contribution in [3.8, 4) is 33.4 Å². The molecule has 1 heteroatoms. The molecule has 0 bridgehead atoms. The van der Waals surface area contributed by atoms with Gasteiger partial charge in [0.2, 0.25) is 0 Å². The number of hydrogen-bond acceptors (Lipinski definition) is 1. The minimum atomic E-state index is 0.379. The van der Waals surface area contributed by atoms with Gasteiger partial charge in [-0.1, -0.05) is 225 Å². The molecule has 3 unspecified atom stereocenters. The number of anilines is 2. The number of hydrogen-bond donors (Lipinski definition) is 0. The Balaban J connectivity index is 0.864. The highest BCUT2D eigenvalue weighted by Gasteiger charge is 2.23. The first kappa shape index (κ1) is 40.6. The molecule has 64 heavy (non-hydrogen) atoms. The number of rotatable bonds is 13. The Bertz CT molecular complexity index is 2870. The molecule has 8 aromatic rings. The third-order valence-corrected chi connectivity index (χ3v) is 13.2. The molecule has 0 saturated heterocycles. The summed E-state index contributed by atoms with van der Waals surface area (Å²) in [6.45, 7) is 0. The molecular formula is C63H53N. The van der Waals surface area contributed by atoms with E-state index in [0.717, 1.165) is 37.1 Å². The van der Waals surface area contributed by atoms with Crippen molar-refractivity contribution in [1.29, 1.82) is 0 Å². The molecule has 0 amide bonds. The molecule has 0 saturated carbocycles. The summed E-state index contributed by atoms with van der Waals surface area (Å²) in [6, 6.07) is 79.6. The molecular weight excluding hydrogens is 771 g/mol. The summed E-state index contributed by atoms with van der Waals surface area (Å²) < 4.78 is 0. The Labute approximate surface area is 379 Å². The average molecular weight is 824 g/mol. The Morgan fingerprint density at radius 2 is 0.875 bits per heavy atom. The van der Waals surface area contributed by atoms with Crippen molar-refractivity contribution < 1.29 is 0 Å². The van der Waals surface area contributed by atoms with Gasteiger partial charge in [-0.3, -0.25) is 0 Å². The van der Waals surface area contributed by atoms with Crippen LogP contribution in [0.1, 0.15) is 53.4 Å². The second kappa shape index (κ2) is 19.3. The van der Waals surface area contributed by atoms with Crippen molar-refractivity contribution in [2.75, 3.05) is 4.90 Å². The molecule has 0 N–H and O–H groups in total. The van der Waals surface area contributed by atoms with Crippen molar-refractivity contribution in [2.45, 2.75) is 37.5 Å². The molecule has 0 fully saturated rings. The van der Waals surface area contributed by atoms with E-state index in [4.69, 9.17) is 0 Å². The van der Waals surface area contributed by atoms with Gasteiger partial charge in [-0.25, -0.2) is 0 Å². The highest BCUT2D eigenvalue weighted by atomic mass is 15.1. The van der Waals surface area contributed by atoms with Crippen molar-refractivity contribution in [2.24, 2.45) is 5.92 Å². The van der Waals surface area contributed by atoms with Crippen LogP contribution in [-0.2, 0) is 6.42 Å². The van der Waals surface area contributed by atoms with Crippen LogP contribution in [0.2, 0.25) is 0 Å². The number of nitrogens with zero attached hydrogens (tertiary/aromatic N) is 1. The third kappa shape index (κ3) is 9.31. The predicted octanol–water partition coefficient (Wildman–Crippen LogP) is 16.8. The Morgan fingerprint density at radius 3 is 1.36 bits per heavy atom. The van der Waals surface area contributed by atoms with E-state index in [1.54, 1.807) is 0 Å². The maximum Gasteiger partial charge on any atom is 0.0461 e. The van der Waals surface area contributed by atoms with Crippen LogP contribution in [0.4, 0.5) is 11.4 Å². The first-order valence-corrected chi connectivity index (χ1v) is 22.9. The van der Waals surface area contributed by atoms with Crippen molar-refractivity contribution in [3.63, 3.8) is 0 Å². The lowest BCUT2D eigenvalue weighted by atomic mass is 9.77. The summed E-state index contributed by atoms with van der Waals surface area (Å²) >= 11 is 0. The normalized spacial score (nSPS) is 16.1. The van der Waals surface area contributed by atoms with Crippen LogP contribution in [0.3, 0.4) is 0 Å². The van der Waals surface area contributed by atoms with Gasteiger partial charge in [0.15, 0.2) is 0 Å². The zero-order valence-electron chi connectivity index (χ0n) is 36.3. The van der Waals surface area contributed by atoms with Gasteiger partial charge in [-0.15, -0.1) is 0 Å². The summed E-state index contributed by atoms with van der Waals surface area (Å²) in [5, 5.41) is 0. The molecule has 0 aliphatic heterocycles. The minimum Gasteiger partial charge on any atom is -0.311 e. The predicted molar refractivity (Wildman–Crippen MR) is 272 cm³/mol. The summed E-state index contributed by atoms with van der Waals surface area (Å²) in [4.78, 5) is 2.39. The van der Waals surface area contributed by atoms with Crippen molar-refractivity contribution in [3.05, 3.63) is 283 Å². The van der Waals surface area contributed by atoms with Crippen molar-refractivity contribution >= 4 is 16.9 Å². The maximum atomic E-state index is 2.47. The second-order valence-corrected chi connectivity index (χ2v) is 17.2. The van der Waals surface area contributed by atoms with E-state index in [1.807, 2.05) is 0 Å². The third-order valence-electron chi connectivity index (χ3n) is 13.2. The smallest absolute Gasteiger partial charge is 0.0461 e. The number of benzene rings is 8. The minimum absolute atomic E-state index is 0.379. The first-order chi connectivity index (χ1) is 31.7. The molecule has 10 rings (SSSR count). The summed E-state index contributed by atoms with van der Waals surface area (Å²) in [5.74, 6) is 1.24. The lowest BCUT2D eigenvalue weighted by molar-refractivity contribution is 0.478. The largest absolute Gasteiger partial charge is 0.311 e. The lowest BCUT2D eigenvalue weighted by Crippen LogP contribution is -2.17. The molecule has 1 nitrogen and oxygen atoms in total. The van der Waals surface area contributed by atoms with Gasteiger partial charge in [-0.2, -0.15) is 0 Å². The Morgan fingerprint density at radius 1 is 0.406 bits per heavy atom. The van der Waals surface area contributed by atoms with Crippen LogP contribution < -0.4 is 4.90 Å². The van der Waals surface area contributed by atoms with Gasteiger partial charge in [-0.05, 0) is 129 Å². The molecule has 2 aliphatic rings. The zero-order chi connectivity index (χ0) is 42.9. The number of aryl methyl sites for hydroxylation is 1. The van der Waals surface area contributed by atoms with E-state index in [9.17, 15) is 0 Å². The highest BCUT2D eigenvalue weighted by molar-refractivity contribution is 5.77. The summed E-state index contributed by atoms with van der Waals surface area (Å²) in [5.41, 5.74) is 17.7. The van der Waals surface area contributed by atoms with Gasteiger partial charge >= 0.3 is 0 Å². The molecule has 0 heterocycles. The number of allylic oxidation sites excluding steroid dienone is 7. The Hall–Kier alpha value is -7.48. The fourth-order valence-corrected chi connectivity index (χ4v) is 9.55. The van der Waals surface area contributed by atoms with Crippen molar-refractivity contribution in [1.82, 2.24) is 0 Å². The molecule has 310 valence electrons. The van der Waals surface area contributed by atoms with E-state index >= 15 is 0 Å². The average Bonchev–Trinajstić information content (AvgIpc) is 3.39. The summed E-state index contributed by atoms with van der Waals surface area (Å²) in [6.07, 6.45) is 18.4. The summed E-state index contributed by atoms with van der Waals surface area (Å²) in [7, 11) is 0.